The summed E-state index contributed by atoms with van der Waals surface area (Å²) in [4.78, 5) is 26.2. The average molecular weight is 406 g/mol. The normalized spacial score (nSPS) is 18.0. The Morgan fingerprint density at radius 2 is 1.76 bits per heavy atom. The van der Waals surface area contributed by atoms with E-state index in [0.29, 0.717) is 25.9 Å². The molecule has 1 aliphatic carbocycles. The molecule has 154 valence electrons. The highest BCUT2D eigenvalue weighted by Gasteiger charge is 2.33. The lowest BCUT2D eigenvalue weighted by molar-refractivity contribution is -0.137. The lowest BCUT2D eigenvalue weighted by Gasteiger charge is -2.31. The number of alkyl halides is 3. The van der Waals surface area contributed by atoms with Gasteiger partial charge in [-0.05, 0) is 49.9 Å². The third kappa shape index (κ3) is 4.46. The highest BCUT2D eigenvalue weighted by Crippen LogP contribution is 2.33. The summed E-state index contributed by atoms with van der Waals surface area (Å²) in [6.45, 7) is 0.988. The molecule has 1 saturated heterocycles. The molecule has 4 rings (SSSR count). The van der Waals surface area contributed by atoms with E-state index in [1.807, 2.05) is 0 Å². The number of nitrogens with one attached hydrogen (secondary N) is 1. The van der Waals surface area contributed by atoms with E-state index >= 15 is 0 Å². The van der Waals surface area contributed by atoms with Crippen LogP contribution < -0.4 is 5.32 Å². The second-order valence-electron chi connectivity index (χ2n) is 7.59. The van der Waals surface area contributed by atoms with Crippen molar-refractivity contribution in [2.75, 3.05) is 13.1 Å². The summed E-state index contributed by atoms with van der Waals surface area (Å²) in [6, 6.07) is 7.87. The summed E-state index contributed by atoms with van der Waals surface area (Å²) in [7, 11) is 0. The van der Waals surface area contributed by atoms with Crippen molar-refractivity contribution in [1.29, 1.82) is 0 Å². The highest BCUT2D eigenvalue weighted by atomic mass is 19.4. The van der Waals surface area contributed by atoms with Gasteiger partial charge in [0.2, 0.25) is 5.91 Å². The van der Waals surface area contributed by atoms with Crippen LogP contribution in [0.25, 0.3) is 11.3 Å². The number of carbonyl (C=O) groups excluding carboxylic acids is 2. The number of rotatable bonds is 4. The Kier molecular flexibility index (Phi) is 5.10. The molecule has 2 aromatic rings. The third-order valence-electron chi connectivity index (χ3n) is 5.37. The fraction of sp³-hybridized carbons (Fsp3) is 0.429. The van der Waals surface area contributed by atoms with Crippen molar-refractivity contribution in [3.63, 3.8) is 0 Å². The summed E-state index contributed by atoms with van der Waals surface area (Å²) >= 11 is 0. The molecular formula is C21H21F3N2O3. The standard InChI is InChI=1S/C21H21F3N2O3/c22-21(23,24)15-3-1-2-14(12-15)17-6-7-18(29-17)20(28)26-10-8-16(9-11-26)25-19(27)13-4-5-13/h1-3,6-7,12-13,16H,4-5,8-11H2,(H,25,27). The quantitative estimate of drug-likeness (QED) is 0.832. The van der Waals surface area contributed by atoms with E-state index in [-0.39, 0.29) is 40.9 Å². The first-order chi connectivity index (χ1) is 13.8. The average Bonchev–Trinajstić information content (AvgIpc) is 3.44. The van der Waals surface area contributed by atoms with Crippen LogP contribution in [-0.4, -0.2) is 35.8 Å². The minimum absolute atomic E-state index is 0.0735. The Bertz CT molecular complexity index is 910. The molecular weight excluding hydrogens is 385 g/mol. The zero-order valence-corrected chi connectivity index (χ0v) is 15.7. The Morgan fingerprint density at radius 3 is 2.41 bits per heavy atom. The first-order valence-corrected chi connectivity index (χ1v) is 9.68. The van der Waals surface area contributed by atoms with Crippen LogP contribution in [0.3, 0.4) is 0 Å². The molecule has 8 heteroatoms. The van der Waals surface area contributed by atoms with Gasteiger partial charge in [-0.15, -0.1) is 0 Å². The number of nitrogens with zero attached hydrogens (tertiary/aromatic N) is 1. The second kappa shape index (κ2) is 7.57. The van der Waals surface area contributed by atoms with Crippen molar-refractivity contribution in [2.45, 2.75) is 37.9 Å². The first kappa shape index (κ1) is 19.5. The molecule has 0 spiro atoms. The number of amides is 2. The van der Waals surface area contributed by atoms with Crippen LogP contribution in [0.5, 0.6) is 0 Å². The number of carbonyl (C=O) groups is 2. The van der Waals surface area contributed by atoms with Gasteiger partial charge in [0.1, 0.15) is 5.76 Å². The van der Waals surface area contributed by atoms with Gasteiger partial charge in [0.15, 0.2) is 5.76 Å². The Balaban J connectivity index is 1.38. The predicted octanol–water partition coefficient (Wildman–Crippen LogP) is 4.10. The van der Waals surface area contributed by atoms with Crippen LogP contribution in [0.4, 0.5) is 13.2 Å². The summed E-state index contributed by atoms with van der Waals surface area (Å²) in [5.41, 5.74) is -0.505. The Hall–Kier alpha value is -2.77. The zero-order valence-electron chi connectivity index (χ0n) is 15.7. The maximum absolute atomic E-state index is 12.9. The van der Waals surface area contributed by atoms with E-state index in [1.54, 1.807) is 4.90 Å². The summed E-state index contributed by atoms with van der Waals surface area (Å²) in [5, 5.41) is 3.03. The largest absolute Gasteiger partial charge is 0.451 e. The molecule has 0 unspecified atom stereocenters. The van der Waals surface area contributed by atoms with Gasteiger partial charge in [-0.3, -0.25) is 9.59 Å². The SMILES string of the molecule is O=C(NC1CCN(C(=O)c2ccc(-c3cccc(C(F)(F)F)c3)o2)CC1)C1CC1. The second-order valence-corrected chi connectivity index (χ2v) is 7.59. The van der Waals surface area contributed by atoms with E-state index in [1.165, 1.54) is 24.3 Å². The van der Waals surface area contributed by atoms with Gasteiger partial charge in [0.05, 0.1) is 5.56 Å². The fourth-order valence-electron chi connectivity index (χ4n) is 3.50. The minimum Gasteiger partial charge on any atom is -0.451 e. The highest BCUT2D eigenvalue weighted by molar-refractivity contribution is 5.92. The van der Waals surface area contributed by atoms with Gasteiger partial charge < -0.3 is 14.6 Å². The monoisotopic (exact) mass is 406 g/mol. The number of hydrogen-bond acceptors (Lipinski definition) is 3. The number of benzene rings is 1. The lowest BCUT2D eigenvalue weighted by Crippen LogP contribution is -2.46. The van der Waals surface area contributed by atoms with E-state index in [9.17, 15) is 22.8 Å². The van der Waals surface area contributed by atoms with E-state index in [2.05, 4.69) is 5.32 Å². The molecule has 1 aromatic carbocycles. The molecule has 1 saturated carbocycles. The van der Waals surface area contributed by atoms with Crippen LogP contribution in [0.15, 0.2) is 40.8 Å². The molecule has 0 bridgehead atoms. The molecule has 1 N–H and O–H groups in total. The van der Waals surface area contributed by atoms with Gasteiger partial charge >= 0.3 is 6.18 Å². The number of hydrogen-bond donors (Lipinski definition) is 1. The number of halogens is 3. The van der Waals surface area contributed by atoms with Gasteiger partial charge in [0.25, 0.3) is 5.91 Å². The zero-order chi connectivity index (χ0) is 20.6. The van der Waals surface area contributed by atoms with Crippen LogP contribution in [-0.2, 0) is 11.0 Å². The maximum atomic E-state index is 12.9. The lowest BCUT2D eigenvalue weighted by atomic mass is 10.0. The van der Waals surface area contributed by atoms with Crippen LogP contribution in [0.2, 0.25) is 0 Å². The smallest absolute Gasteiger partial charge is 0.416 e. The number of furan rings is 1. The Labute approximate surface area is 165 Å². The molecule has 1 aromatic heterocycles. The third-order valence-corrected chi connectivity index (χ3v) is 5.37. The van der Waals surface area contributed by atoms with E-state index < -0.39 is 11.7 Å². The topological polar surface area (TPSA) is 62.6 Å². The van der Waals surface area contributed by atoms with Gasteiger partial charge in [-0.2, -0.15) is 13.2 Å². The molecule has 2 aliphatic rings. The minimum atomic E-state index is -4.44. The molecule has 2 heterocycles. The van der Waals surface area contributed by atoms with Gasteiger partial charge in [0, 0.05) is 30.6 Å². The van der Waals surface area contributed by atoms with Crippen LogP contribution in [0, 0.1) is 5.92 Å². The predicted molar refractivity (Wildman–Crippen MR) is 98.9 cm³/mol. The van der Waals surface area contributed by atoms with Crippen molar-refractivity contribution < 1.29 is 27.2 Å². The number of likely N-dealkylation sites (tertiary alicyclic amines) is 1. The summed E-state index contributed by atoms with van der Waals surface area (Å²) in [6.07, 6.45) is -1.19. The molecule has 2 amide bonds. The maximum Gasteiger partial charge on any atom is 0.416 e. The fourth-order valence-corrected chi connectivity index (χ4v) is 3.50. The number of piperidine rings is 1. The first-order valence-electron chi connectivity index (χ1n) is 9.68. The molecule has 29 heavy (non-hydrogen) atoms. The molecule has 2 fully saturated rings. The molecule has 0 radical (unpaired) electrons. The van der Waals surface area contributed by atoms with Crippen molar-refractivity contribution in [3.8, 4) is 11.3 Å². The van der Waals surface area contributed by atoms with E-state index in [4.69, 9.17) is 4.42 Å². The van der Waals surface area contributed by atoms with E-state index in [0.717, 1.165) is 25.0 Å². The van der Waals surface area contributed by atoms with Crippen molar-refractivity contribution in [3.05, 3.63) is 47.7 Å². The van der Waals surface area contributed by atoms with Crippen LogP contribution >= 0.6 is 0 Å². The molecule has 0 atom stereocenters. The van der Waals surface area contributed by atoms with Gasteiger partial charge in [-0.25, -0.2) is 0 Å². The van der Waals surface area contributed by atoms with Gasteiger partial charge in [-0.1, -0.05) is 12.1 Å². The Morgan fingerprint density at radius 1 is 1.03 bits per heavy atom. The van der Waals surface area contributed by atoms with Crippen molar-refractivity contribution in [1.82, 2.24) is 10.2 Å². The molecule has 1 aliphatic heterocycles. The van der Waals surface area contributed by atoms with Crippen molar-refractivity contribution >= 4 is 11.8 Å². The summed E-state index contributed by atoms with van der Waals surface area (Å²) < 4.78 is 44.3. The van der Waals surface area contributed by atoms with Crippen molar-refractivity contribution in [2.24, 2.45) is 5.92 Å². The molecule has 5 nitrogen and oxygen atoms in total. The summed E-state index contributed by atoms with van der Waals surface area (Å²) in [5.74, 6) is 0.276. The van der Waals surface area contributed by atoms with Crippen LogP contribution in [0.1, 0.15) is 41.8 Å².